The average Bonchev–Trinajstić information content (AvgIpc) is 2.35. The monoisotopic (exact) mass is 300 g/mol. The molecule has 0 saturated heterocycles. The van der Waals surface area contributed by atoms with Crippen molar-refractivity contribution in [3.63, 3.8) is 0 Å². The molecule has 21 heavy (non-hydrogen) atoms. The number of rotatable bonds is 6. The Balaban J connectivity index is 2.78. The fraction of sp³-hybridized carbons (Fsp3) is 0.533. The molecular formula is C15H22F2N2O2. The Morgan fingerprint density at radius 1 is 1.29 bits per heavy atom. The van der Waals surface area contributed by atoms with E-state index in [0.29, 0.717) is 5.56 Å². The normalized spacial score (nSPS) is 12.4. The Bertz CT molecular complexity index is 497. The Morgan fingerprint density at radius 3 is 2.38 bits per heavy atom. The molecule has 0 aromatic heterocycles. The van der Waals surface area contributed by atoms with E-state index in [0.717, 1.165) is 0 Å². The second-order valence-corrected chi connectivity index (χ2v) is 6.02. The van der Waals surface area contributed by atoms with Crippen molar-refractivity contribution in [2.75, 3.05) is 0 Å². The van der Waals surface area contributed by atoms with Crippen LogP contribution in [0.25, 0.3) is 0 Å². The van der Waals surface area contributed by atoms with E-state index in [1.165, 1.54) is 6.07 Å². The van der Waals surface area contributed by atoms with Crippen LogP contribution < -0.4 is 15.8 Å². The van der Waals surface area contributed by atoms with Gasteiger partial charge in [-0.3, -0.25) is 4.79 Å². The first-order valence-corrected chi connectivity index (χ1v) is 6.65. The molecule has 3 N–H and O–H groups in total. The van der Waals surface area contributed by atoms with Crippen molar-refractivity contribution < 1.29 is 18.3 Å². The number of hydrogen-bond acceptors (Lipinski definition) is 3. The van der Waals surface area contributed by atoms with Gasteiger partial charge in [0.15, 0.2) is 0 Å². The van der Waals surface area contributed by atoms with Gasteiger partial charge in [0.05, 0.1) is 5.41 Å². The maximum Gasteiger partial charge on any atom is 0.387 e. The quantitative estimate of drug-likeness (QED) is 0.849. The van der Waals surface area contributed by atoms with Gasteiger partial charge in [-0.05, 0) is 33.8 Å². The van der Waals surface area contributed by atoms with Gasteiger partial charge in [0.2, 0.25) is 5.91 Å². The predicted molar refractivity (Wildman–Crippen MR) is 77.0 cm³/mol. The summed E-state index contributed by atoms with van der Waals surface area (Å²) in [5.41, 5.74) is 4.97. The van der Waals surface area contributed by atoms with E-state index < -0.39 is 17.6 Å². The van der Waals surface area contributed by atoms with Crippen LogP contribution in [0.15, 0.2) is 24.3 Å². The van der Waals surface area contributed by atoms with Gasteiger partial charge in [0.25, 0.3) is 0 Å². The summed E-state index contributed by atoms with van der Waals surface area (Å²) < 4.78 is 29.1. The fourth-order valence-corrected chi connectivity index (χ4v) is 1.55. The standard InChI is InChI=1S/C15H22F2N2O2/c1-14(2,15(3,4)18)12(20)19-9-10-7-5-6-8-11(10)21-13(16)17/h5-8,13H,9,18H2,1-4H3,(H,19,20). The van der Waals surface area contributed by atoms with Gasteiger partial charge < -0.3 is 15.8 Å². The molecule has 0 aliphatic carbocycles. The highest BCUT2D eigenvalue weighted by atomic mass is 19.3. The lowest BCUT2D eigenvalue weighted by Crippen LogP contribution is -2.55. The molecule has 1 aromatic carbocycles. The van der Waals surface area contributed by atoms with E-state index in [4.69, 9.17) is 5.73 Å². The van der Waals surface area contributed by atoms with E-state index in [1.807, 2.05) is 0 Å². The van der Waals surface area contributed by atoms with Crippen LogP contribution in [0.1, 0.15) is 33.3 Å². The summed E-state index contributed by atoms with van der Waals surface area (Å²) in [4.78, 5) is 12.2. The van der Waals surface area contributed by atoms with Gasteiger partial charge in [-0.15, -0.1) is 0 Å². The second-order valence-electron chi connectivity index (χ2n) is 6.02. The molecular weight excluding hydrogens is 278 g/mol. The van der Waals surface area contributed by atoms with E-state index in [1.54, 1.807) is 45.9 Å². The highest BCUT2D eigenvalue weighted by Gasteiger charge is 2.40. The number of hydrogen-bond donors (Lipinski definition) is 2. The van der Waals surface area contributed by atoms with Crippen molar-refractivity contribution in [2.24, 2.45) is 11.1 Å². The van der Waals surface area contributed by atoms with E-state index >= 15 is 0 Å². The second kappa shape index (κ2) is 6.39. The van der Waals surface area contributed by atoms with Crippen molar-refractivity contribution in [1.82, 2.24) is 5.32 Å². The molecule has 0 heterocycles. The van der Waals surface area contributed by atoms with Crippen LogP contribution in [0, 0.1) is 5.41 Å². The molecule has 0 unspecified atom stereocenters. The highest BCUT2D eigenvalue weighted by Crippen LogP contribution is 2.28. The van der Waals surface area contributed by atoms with Gasteiger partial charge in [0.1, 0.15) is 5.75 Å². The first-order chi connectivity index (χ1) is 9.55. The topological polar surface area (TPSA) is 64.4 Å². The maximum absolute atomic E-state index is 12.3. The molecule has 0 saturated carbocycles. The summed E-state index contributed by atoms with van der Waals surface area (Å²) in [6.45, 7) is 4.21. The number of para-hydroxylation sites is 1. The highest BCUT2D eigenvalue weighted by molar-refractivity contribution is 5.83. The molecule has 1 aromatic rings. The van der Waals surface area contributed by atoms with E-state index in [2.05, 4.69) is 10.1 Å². The number of amides is 1. The number of carbonyl (C=O) groups excluding carboxylic acids is 1. The first kappa shape index (κ1) is 17.4. The molecule has 4 nitrogen and oxygen atoms in total. The van der Waals surface area contributed by atoms with Crippen molar-refractivity contribution in [3.8, 4) is 5.75 Å². The van der Waals surface area contributed by atoms with Gasteiger partial charge in [-0.1, -0.05) is 18.2 Å². The van der Waals surface area contributed by atoms with E-state index in [-0.39, 0.29) is 18.2 Å². The smallest absolute Gasteiger partial charge is 0.387 e. The van der Waals surface area contributed by atoms with Crippen molar-refractivity contribution in [3.05, 3.63) is 29.8 Å². The fourth-order valence-electron chi connectivity index (χ4n) is 1.55. The SMILES string of the molecule is CC(C)(N)C(C)(C)C(=O)NCc1ccccc1OC(F)F. The molecule has 6 heteroatoms. The molecule has 0 fully saturated rings. The summed E-state index contributed by atoms with van der Waals surface area (Å²) >= 11 is 0. The third-order valence-corrected chi connectivity index (χ3v) is 3.81. The lowest BCUT2D eigenvalue weighted by atomic mass is 9.74. The number of benzene rings is 1. The zero-order chi connectivity index (χ0) is 16.3. The molecule has 118 valence electrons. The lowest BCUT2D eigenvalue weighted by molar-refractivity contribution is -0.132. The van der Waals surface area contributed by atoms with Gasteiger partial charge in [-0.25, -0.2) is 0 Å². The van der Waals surface area contributed by atoms with Crippen LogP contribution in [-0.2, 0) is 11.3 Å². The summed E-state index contributed by atoms with van der Waals surface area (Å²) in [7, 11) is 0. The Labute approximate surface area is 123 Å². The zero-order valence-electron chi connectivity index (χ0n) is 12.7. The van der Waals surface area contributed by atoms with Crippen molar-refractivity contribution in [1.29, 1.82) is 0 Å². The van der Waals surface area contributed by atoms with Gasteiger partial charge >= 0.3 is 6.61 Å². The van der Waals surface area contributed by atoms with Gasteiger partial charge in [-0.2, -0.15) is 8.78 Å². The summed E-state index contributed by atoms with van der Waals surface area (Å²) in [5, 5.41) is 2.72. The minimum atomic E-state index is -2.90. The number of nitrogens with two attached hydrogens (primary N) is 1. The molecule has 0 radical (unpaired) electrons. The van der Waals surface area contributed by atoms with Crippen molar-refractivity contribution in [2.45, 2.75) is 46.4 Å². The molecule has 1 amide bonds. The van der Waals surface area contributed by atoms with Crippen LogP contribution in [0.4, 0.5) is 8.78 Å². The maximum atomic E-state index is 12.3. The Hall–Kier alpha value is -1.69. The van der Waals surface area contributed by atoms with Crippen LogP contribution in [-0.4, -0.2) is 18.1 Å². The largest absolute Gasteiger partial charge is 0.434 e. The first-order valence-electron chi connectivity index (χ1n) is 6.65. The van der Waals surface area contributed by atoms with E-state index in [9.17, 15) is 13.6 Å². The van der Waals surface area contributed by atoms with Crippen LogP contribution in [0.3, 0.4) is 0 Å². The molecule has 0 aliphatic heterocycles. The molecule has 0 bridgehead atoms. The summed E-state index contributed by atoms with van der Waals surface area (Å²) in [6.07, 6.45) is 0. The number of halogens is 2. The molecule has 1 rings (SSSR count). The molecule has 0 spiro atoms. The number of ether oxygens (including phenoxy) is 1. The van der Waals surface area contributed by atoms with Crippen molar-refractivity contribution >= 4 is 5.91 Å². The number of alkyl halides is 2. The Morgan fingerprint density at radius 2 is 1.86 bits per heavy atom. The third kappa shape index (κ3) is 4.39. The minimum Gasteiger partial charge on any atom is -0.434 e. The van der Waals surface area contributed by atoms with Crippen LogP contribution in [0.2, 0.25) is 0 Å². The predicted octanol–water partition coefficient (Wildman–Crippen LogP) is 2.67. The van der Waals surface area contributed by atoms with Gasteiger partial charge in [0, 0.05) is 17.6 Å². The zero-order valence-corrected chi connectivity index (χ0v) is 12.7. The van der Waals surface area contributed by atoms with Crippen LogP contribution >= 0.6 is 0 Å². The number of nitrogens with one attached hydrogen (secondary N) is 1. The molecule has 0 aliphatic rings. The third-order valence-electron chi connectivity index (χ3n) is 3.81. The lowest BCUT2D eigenvalue weighted by Gasteiger charge is -2.36. The Kier molecular flexibility index (Phi) is 5.28. The average molecular weight is 300 g/mol. The number of carbonyl (C=O) groups is 1. The molecule has 0 atom stereocenters. The summed E-state index contributed by atoms with van der Waals surface area (Å²) in [6, 6.07) is 6.35. The summed E-state index contributed by atoms with van der Waals surface area (Å²) in [5.74, 6) is -0.195. The van der Waals surface area contributed by atoms with Crippen LogP contribution in [0.5, 0.6) is 5.75 Å². The minimum absolute atomic E-state index is 0.0533.